The van der Waals surface area contributed by atoms with Gasteiger partial charge in [0.15, 0.2) is 6.10 Å². The van der Waals surface area contributed by atoms with Gasteiger partial charge in [0.25, 0.3) is 5.91 Å². The van der Waals surface area contributed by atoms with Gasteiger partial charge >= 0.3 is 0 Å². The van der Waals surface area contributed by atoms with Crippen molar-refractivity contribution in [3.05, 3.63) is 92.4 Å². The summed E-state index contributed by atoms with van der Waals surface area (Å²) in [5.74, 6) is 0.186. The van der Waals surface area contributed by atoms with Crippen molar-refractivity contribution in [1.29, 1.82) is 0 Å². The quantitative estimate of drug-likeness (QED) is 0.249. The van der Waals surface area contributed by atoms with Gasteiger partial charge in [0, 0.05) is 18.3 Å². The molecule has 0 heterocycles. The number of aryl methyl sites for hydroxylation is 2. The molecular weight excluding hydrogens is 603 g/mol. The molecule has 0 unspecified atom stereocenters. The summed E-state index contributed by atoms with van der Waals surface area (Å²) in [5, 5.41) is 4.06. The minimum atomic E-state index is -1.09. The van der Waals surface area contributed by atoms with Crippen LogP contribution < -0.4 is 10.1 Å². The first kappa shape index (κ1) is 33.2. The SMILES string of the molecule is Cc1cccc(C)c1NC(=O)C1(N(Cc2ccccc2)C(=O)[C@@H](C)Oc2cc(Cl)c(Cl)cc2Cl)CCC(C(C)(C)C)CC1. The highest BCUT2D eigenvalue weighted by atomic mass is 35.5. The zero-order valence-corrected chi connectivity index (χ0v) is 28.0. The lowest BCUT2D eigenvalue weighted by molar-refractivity contribution is -0.155. The predicted molar refractivity (Wildman–Crippen MR) is 177 cm³/mol. The van der Waals surface area contributed by atoms with Crippen LogP contribution in [-0.2, 0) is 16.1 Å². The molecule has 3 aromatic rings. The number of nitrogens with one attached hydrogen (secondary N) is 1. The van der Waals surface area contributed by atoms with E-state index in [0.717, 1.165) is 35.2 Å². The summed E-state index contributed by atoms with van der Waals surface area (Å²) >= 11 is 18.8. The Labute approximate surface area is 270 Å². The highest BCUT2D eigenvalue weighted by Crippen LogP contribution is 2.45. The topological polar surface area (TPSA) is 58.6 Å². The fourth-order valence-corrected chi connectivity index (χ4v) is 6.66. The predicted octanol–water partition coefficient (Wildman–Crippen LogP) is 9.67. The number of para-hydroxylation sites is 1. The molecule has 0 bridgehead atoms. The average molecular weight is 644 g/mol. The first-order valence-electron chi connectivity index (χ1n) is 14.8. The Bertz CT molecular complexity index is 1440. The van der Waals surface area contributed by atoms with E-state index in [1.165, 1.54) is 12.1 Å². The van der Waals surface area contributed by atoms with Crippen LogP contribution in [0, 0.1) is 25.2 Å². The van der Waals surface area contributed by atoms with Crippen molar-refractivity contribution in [3.8, 4) is 5.75 Å². The van der Waals surface area contributed by atoms with Gasteiger partial charge in [-0.05, 0) is 80.5 Å². The lowest BCUT2D eigenvalue weighted by atomic mass is 9.66. The number of hydrogen-bond acceptors (Lipinski definition) is 3. The van der Waals surface area contributed by atoms with E-state index in [4.69, 9.17) is 39.5 Å². The van der Waals surface area contributed by atoms with Gasteiger partial charge in [0.2, 0.25) is 5.91 Å². The second-order valence-electron chi connectivity index (χ2n) is 12.8. The van der Waals surface area contributed by atoms with Crippen LogP contribution in [0.25, 0.3) is 0 Å². The van der Waals surface area contributed by atoms with Crippen LogP contribution >= 0.6 is 34.8 Å². The highest BCUT2D eigenvalue weighted by molar-refractivity contribution is 6.43. The number of rotatable bonds is 8. The Morgan fingerprint density at radius 1 is 0.930 bits per heavy atom. The molecule has 1 N–H and O–H groups in total. The fourth-order valence-electron chi connectivity index (χ4n) is 6.08. The Morgan fingerprint density at radius 2 is 1.51 bits per heavy atom. The Hall–Kier alpha value is -2.73. The third-order valence-electron chi connectivity index (χ3n) is 8.77. The number of ether oxygens (including phenoxy) is 1. The summed E-state index contributed by atoms with van der Waals surface area (Å²) in [6.07, 6.45) is 1.74. The van der Waals surface area contributed by atoms with E-state index in [2.05, 4.69) is 26.1 Å². The minimum absolute atomic E-state index is 0.0878. The summed E-state index contributed by atoms with van der Waals surface area (Å²) < 4.78 is 6.11. The maximum absolute atomic E-state index is 14.6. The Kier molecular flexibility index (Phi) is 10.4. The zero-order valence-electron chi connectivity index (χ0n) is 25.8. The van der Waals surface area contributed by atoms with Gasteiger partial charge in [0.05, 0.1) is 15.1 Å². The highest BCUT2D eigenvalue weighted by Gasteiger charge is 2.51. The molecule has 3 aromatic carbocycles. The number of nitrogens with zero attached hydrogens (tertiary/aromatic N) is 1. The number of carbonyl (C=O) groups excluding carboxylic acids is 2. The number of benzene rings is 3. The number of hydrogen-bond donors (Lipinski definition) is 1. The van der Waals surface area contributed by atoms with Crippen LogP contribution in [0.15, 0.2) is 60.7 Å². The van der Waals surface area contributed by atoms with Crippen LogP contribution in [0.4, 0.5) is 5.69 Å². The van der Waals surface area contributed by atoms with E-state index in [1.54, 1.807) is 11.8 Å². The molecule has 0 aliphatic heterocycles. The molecule has 1 aliphatic carbocycles. The molecule has 1 atom stereocenters. The molecule has 4 rings (SSSR count). The van der Waals surface area contributed by atoms with E-state index < -0.39 is 11.6 Å². The maximum Gasteiger partial charge on any atom is 0.264 e. The molecule has 230 valence electrons. The van der Waals surface area contributed by atoms with Crippen molar-refractivity contribution < 1.29 is 14.3 Å². The maximum atomic E-state index is 14.6. The zero-order chi connectivity index (χ0) is 31.5. The van der Waals surface area contributed by atoms with Crippen molar-refractivity contribution in [1.82, 2.24) is 4.90 Å². The number of amides is 2. The largest absolute Gasteiger partial charge is 0.479 e. The van der Waals surface area contributed by atoms with Crippen molar-refractivity contribution in [3.63, 3.8) is 0 Å². The number of halogens is 3. The van der Waals surface area contributed by atoms with Gasteiger partial charge < -0.3 is 15.0 Å². The lowest BCUT2D eigenvalue weighted by Crippen LogP contribution is -2.62. The summed E-state index contributed by atoms with van der Waals surface area (Å²) in [7, 11) is 0. The van der Waals surface area contributed by atoms with Gasteiger partial charge in [0.1, 0.15) is 11.3 Å². The normalized spacial score (nSPS) is 19.4. The van der Waals surface area contributed by atoms with Gasteiger partial charge in [-0.1, -0.05) is 104 Å². The minimum Gasteiger partial charge on any atom is -0.479 e. The van der Waals surface area contributed by atoms with Crippen molar-refractivity contribution in [2.24, 2.45) is 11.3 Å². The first-order valence-corrected chi connectivity index (χ1v) is 15.9. The summed E-state index contributed by atoms with van der Waals surface area (Å²) in [4.78, 5) is 30.8. The van der Waals surface area contributed by atoms with E-state index in [9.17, 15) is 9.59 Å². The standard InChI is InChI=1S/C35H41Cl3N2O3/c1-22-11-10-12-23(2)31(22)39-33(42)35(17-15-26(16-18-35)34(4,5)6)40(21-25-13-8-7-9-14-25)32(41)24(3)43-30-20-28(37)27(36)19-29(30)38/h7-14,19-20,24,26H,15-18,21H2,1-6H3,(H,39,42)/t24-,26?,35?/m1/s1. The molecule has 0 radical (unpaired) electrons. The van der Waals surface area contributed by atoms with Gasteiger partial charge in [-0.15, -0.1) is 0 Å². The molecule has 0 spiro atoms. The van der Waals surface area contributed by atoms with E-state index >= 15 is 0 Å². The van der Waals surface area contributed by atoms with Crippen LogP contribution in [0.1, 0.15) is 70.1 Å². The summed E-state index contributed by atoms with van der Waals surface area (Å²) in [6, 6.07) is 18.7. The fraction of sp³-hybridized carbons (Fsp3) is 0.429. The van der Waals surface area contributed by atoms with E-state index in [0.29, 0.717) is 23.8 Å². The van der Waals surface area contributed by atoms with E-state index in [-0.39, 0.29) is 39.6 Å². The van der Waals surface area contributed by atoms with Crippen LogP contribution in [-0.4, -0.2) is 28.4 Å². The molecular formula is C35H41Cl3N2O3. The van der Waals surface area contributed by atoms with Crippen molar-refractivity contribution in [2.45, 2.75) is 85.4 Å². The summed E-state index contributed by atoms with van der Waals surface area (Å²) in [6.45, 7) is 12.6. The Morgan fingerprint density at radius 3 is 2.09 bits per heavy atom. The molecule has 5 nitrogen and oxygen atoms in total. The van der Waals surface area contributed by atoms with Crippen molar-refractivity contribution in [2.75, 3.05) is 5.32 Å². The van der Waals surface area contributed by atoms with Crippen LogP contribution in [0.5, 0.6) is 5.75 Å². The first-order chi connectivity index (χ1) is 20.2. The third kappa shape index (κ3) is 7.50. The van der Waals surface area contributed by atoms with Crippen LogP contribution in [0.3, 0.4) is 0 Å². The number of carbonyl (C=O) groups is 2. The molecule has 43 heavy (non-hydrogen) atoms. The average Bonchev–Trinajstić information content (AvgIpc) is 2.96. The van der Waals surface area contributed by atoms with Crippen LogP contribution in [0.2, 0.25) is 15.1 Å². The van der Waals surface area contributed by atoms with E-state index in [1.807, 2.05) is 62.4 Å². The molecule has 0 saturated heterocycles. The molecule has 0 aromatic heterocycles. The second kappa shape index (κ2) is 13.5. The molecule has 1 saturated carbocycles. The Balaban J connectivity index is 1.77. The molecule has 1 fully saturated rings. The molecule has 1 aliphatic rings. The van der Waals surface area contributed by atoms with Gasteiger partial charge in [-0.3, -0.25) is 9.59 Å². The van der Waals surface area contributed by atoms with Crippen molar-refractivity contribution >= 4 is 52.3 Å². The lowest BCUT2D eigenvalue weighted by Gasteiger charge is -2.49. The number of anilines is 1. The second-order valence-corrected chi connectivity index (χ2v) is 14.0. The monoisotopic (exact) mass is 642 g/mol. The molecule has 2 amide bonds. The third-order valence-corrected chi connectivity index (χ3v) is 9.79. The summed E-state index contributed by atoms with van der Waals surface area (Å²) in [5.41, 5.74) is 2.64. The molecule has 8 heteroatoms. The van der Waals surface area contributed by atoms with Gasteiger partial charge in [-0.2, -0.15) is 0 Å². The van der Waals surface area contributed by atoms with Gasteiger partial charge in [-0.25, -0.2) is 0 Å². The smallest absolute Gasteiger partial charge is 0.264 e.